The van der Waals surface area contributed by atoms with Crippen molar-refractivity contribution in [3.05, 3.63) is 82.9 Å². The van der Waals surface area contributed by atoms with Gasteiger partial charge in [-0.25, -0.2) is 0 Å². The van der Waals surface area contributed by atoms with E-state index in [2.05, 4.69) is 10.6 Å². The van der Waals surface area contributed by atoms with Crippen LogP contribution in [0.5, 0.6) is 11.5 Å². The van der Waals surface area contributed by atoms with Crippen LogP contribution >= 0.6 is 0 Å². The standard InChI is InChI=1S/C32H34N4O5/c33-17-20-5-4-6-21(13-20)18-34-31(38)23-9-11-26-25(14-23)35-30(37)16-27(22-7-2-1-3-8-22)36(26)32(39)24-10-12-28-29(15-24)41-19-40-28/h4-6,9-15,22,27H,1-3,7-8,16-19,33H2,(H,34,38)(H,35,37). The molecule has 3 aromatic carbocycles. The molecule has 0 aromatic heterocycles. The molecule has 212 valence electrons. The fourth-order valence-electron chi connectivity index (χ4n) is 6.12. The van der Waals surface area contributed by atoms with E-state index in [4.69, 9.17) is 15.2 Å². The fourth-order valence-corrected chi connectivity index (χ4v) is 6.12. The summed E-state index contributed by atoms with van der Waals surface area (Å²) in [4.78, 5) is 42.3. The third-order valence-corrected chi connectivity index (χ3v) is 8.23. The first-order valence-electron chi connectivity index (χ1n) is 14.2. The van der Waals surface area contributed by atoms with Gasteiger partial charge in [0.15, 0.2) is 11.5 Å². The maximum atomic E-state index is 14.2. The topological polar surface area (TPSA) is 123 Å². The van der Waals surface area contributed by atoms with E-state index in [1.807, 2.05) is 24.3 Å². The zero-order valence-corrected chi connectivity index (χ0v) is 22.9. The molecule has 0 bridgehead atoms. The maximum Gasteiger partial charge on any atom is 0.258 e. The van der Waals surface area contributed by atoms with E-state index in [0.717, 1.165) is 43.2 Å². The molecule has 1 saturated carbocycles. The first-order chi connectivity index (χ1) is 20.0. The van der Waals surface area contributed by atoms with Crippen LogP contribution < -0.4 is 30.7 Å². The number of benzene rings is 3. The number of carbonyl (C=O) groups excluding carboxylic acids is 3. The van der Waals surface area contributed by atoms with Crippen LogP contribution in [0, 0.1) is 5.92 Å². The average molecular weight is 555 g/mol. The number of amides is 3. The zero-order valence-electron chi connectivity index (χ0n) is 22.9. The summed E-state index contributed by atoms with van der Waals surface area (Å²) in [6, 6.07) is 17.7. The van der Waals surface area contributed by atoms with Gasteiger partial charge in [0.25, 0.3) is 11.8 Å². The molecule has 1 atom stereocenters. The summed E-state index contributed by atoms with van der Waals surface area (Å²) in [5, 5.41) is 5.93. The number of anilines is 2. The summed E-state index contributed by atoms with van der Waals surface area (Å²) < 4.78 is 11.0. The van der Waals surface area contributed by atoms with E-state index in [-0.39, 0.29) is 42.9 Å². The van der Waals surface area contributed by atoms with Crippen LogP contribution in [0.4, 0.5) is 11.4 Å². The lowest BCUT2D eigenvalue weighted by Gasteiger charge is -2.37. The van der Waals surface area contributed by atoms with Crippen LogP contribution in [0.1, 0.15) is 70.4 Å². The average Bonchev–Trinajstić information content (AvgIpc) is 3.42. The molecule has 0 radical (unpaired) electrons. The lowest BCUT2D eigenvalue weighted by molar-refractivity contribution is -0.116. The highest BCUT2D eigenvalue weighted by Gasteiger charge is 2.38. The Morgan fingerprint density at radius 2 is 1.71 bits per heavy atom. The highest BCUT2D eigenvalue weighted by atomic mass is 16.7. The number of ether oxygens (including phenoxy) is 2. The quantitative estimate of drug-likeness (QED) is 0.405. The molecule has 6 rings (SSSR count). The van der Waals surface area contributed by atoms with Gasteiger partial charge in [0.1, 0.15) is 0 Å². The summed E-state index contributed by atoms with van der Waals surface area (Å²) in [6.07, 6.45) is 5.43. The molecule has 9 heteroatoms. The molecule has 9 nitrogen and oxygen atoms in total. The molecule has 41 heavy (non-hydrogen) atoms. The van der Waals surface area contributed by atoms with Crippen molar-refractivity contribution in [1.29, 1.82) is 0 Å². The Labute approximate surface area is 239 Å². The second kappa shape index (κ2) is 11.6. The number of nitrogens with one attached hydrogen (secondary N) is 2. The van der Waals surface area contributed by atoms with Gasteiger partial charge in [-0.2, -0.15) is 0 Å². The second-order valence-electron chi connectivity index (χ2n) is 10.9. The number of rotatable bonds is 6. The van der Waals surface area contributed by atoms with Crippen molar-refractivity contribution in [1.82, 2.24) is 5.32 Å². The molecule has 1 fully saturated rings. The summed E-state index contributed by atoms with van der Waals surface area (Å²) in [5.74, 6) is 0.669. The van der Waals surface area contributed by atoms with Crippen LogP contribution in [0.3, 0.4) is 0 Å². The van der Waals surface area contributed by atoms with E-state index >= 15 is 0 Å². The Morgan fingerprint density at radius 1 is 0.927 bits per heavy atom. The molecular formula is C32H34N4O5. The van der Waals surface area contributed by atoms with Crippen LogP contribution in [0.25, 0.3) is 0 Å². The van der Waals surface area contributed by atoms with Gasteiger partial charge < -0.3 is 30.7 Å². The summed E-state index contributed by atoms with van der Waals surface area (Å²) >= 11 is 0. The number of fused-ring (bicyclic) bond motifs is 2. The molecule has 3 amide bonds. The molecule has 0 saturated heterocycles. The smallest absolute Gasteiger partial charge is 0.258 e. The summed E-state index contributed by atoms with van der Waals surface area (Å²) in [5.41, 5.74) is 9.56. The van der Waals surface area contributed by atoms with Crippen LogP contribution in [0.15, 0.2) is 60.7 Å². The predicted octanol–water partition coefficient (Wildman–Crippen LogP) is 4.74. The van der Waals surface area contributed by atoms with Crippen LogP contribution in [-0.2, 0) is 17.9 Å². The van der Waals surface area contributed by atoms with Crippen molar-refractivity contribution in [2.24, 2.45) is 11.7 Å². The Hall–Kier alpha value is -4.37. The maximum absolute atomic E-state index is 14.2. The molecule has 2 heterocycles. The van der Waals surface area contributed by atoms with Gasteiger partial charge in [0, 0.05) is 36.7 Å². The summed E-state index contributed by atoms with van der Waals surface area (Å²) in [7, 11) is 0. The number of nitrogens with two attached hydrogens (primary N) is 1. The van der Waals surface area contributed by atoms with Gasteiger partial charge in [0.05, 0.1) is 11.4 Å². The Morgan fingerprint density at radius 3 is 2.54 bits per heavy atom. The van der Waals surface area contributed by atoms with Crippen molar-refractivity contribution in [2.75, 3.05) is 17.0 Å². The van der Waals surface area contributed by atoms with Crippen molar-refractivity contribution >= 4 is 29.1 Å². The number of nitrogens with zero attached hydrogens (tertiary/aromatic N) is 1. The minimum Gasteiger partial charge on any atom is -0.454 e. The van der Waals surface area contributed by atoms with Gasteiger partial charge in [-0.3, -0.25) is 14.4 Å². The van der Waals surface area contributed by atoms with Gasteiger partial charge in [0.2, 0.25) is 12.7 Å². The van der Waals surface area contributed by atoms with Crippen molar-refractivity contribution < 1.29 is 23.9 Å². The van der Waals surface area contributed by atoms with Crippen LogP contribution in [-0.4, -0.2) is 30.6 Å². The summed E-state index contributed by atoms with van der Waals surface area (Å²) in [6.45, 7) is 0.885. The lowest BCUT2D eigenvalue weighted by atomic mass is 9.81. The van der Waals surface area contributed by atoms with Crippen molar-refractivity contribution in [3.8, 4) is 11.5 Å². The van der Waals surface area contributed by atoms with E-state index < -0.39 is 0 Å². The number of carbonyl (C=O) groups is 3. The first-order valence-corrected chi connectivity index (χ1v) is 14.2. The molecule has 1 aliphatic carbocycles. The van der Waals surface area contributed by atoms with E-state index in [1.165, 1.54) is 0 Å². The molecule has 1 unspecified atom stereocenters. The SMILES string of the molecule is NCc1cccc(CNC(=O)c2ccc3c(c2)NC(=O)CC(C2CCCCC2)N3C(=O)c2ccc3c(c2)OCO3)c1. The molecule has 3 aromatic rings. The van der Waals surface area contributed by atoms with E-state index in [9.17, 15) is 14.4 Å². The lowest BCUT2D eigenvalue weighted by Crippen LogP contribution is -2.46. The third-order valence-electron chi connectivity index (χ3n) is 8.23. The third kappa shape index (κ3) is 5.63. The highest BCUT2D eigenvalue weighted by Crippen LogP contribution is 2.40. The zero-order chi connectivity index (χ0) is 28.3. The van der Waals surface area contributed by atoms with Gasteiger partial charge in [-0.15, -0.1) is 0 Å². The monoisotopic (exact) mass is 554 g/mol. The second-order valence-corrected chi connectivity index (χ2v) is 10.9. The Balaban J connectivity index is 1.32. The number of hydrogen-bond acceptors (Lipinski definition) is 6. The Bertz CT molecular complexity index is 1480. The molecular weight excluding hydrogens is 520 g/mol. The molecule has 3 aliphatic rings. The number of hydrogen-bond donors (Lipinski definition) is 3. The molecule has 0 spiro atoms. The van der Waals surface area contributed by atoms with E-state index in [1.54, 1.807) is 41.3 Å². The molecule has 4 N–H and O–H groups in total. The van der Waals surface area contributed by atoms with E-state index in [0.29, 0.717) is 47.1 Å². The minimum absolute atomic E-state index is 0.117. The van der Waals surface area contributed by atoms with Crippen molar-refractivity contribution in [3.63, 3.8) is 0 Å². The van der Waals surface area contributed by atoms with Crippen molar-refractivity contribution in [2.45, 2.75) is 57.7 Å². The first kappa shape index (κ1) is 26.8. The predicted molar refractivity (Wildman–Crippen MR) is 155 cm³/mol. The van der Waals surface area contributed by atoms with Gasteiger partial charge >= 0.3 is 0 Å². The Kier molecular flexibility index (Phi) is 7.61. The van der Waals surface area contributed by atoms with Gasteiger partial charge in [-0.05, 0) is 66.3 Å². The normalized spacial score (nSPS) is 18.3. The highest BCUT2D eigenvalue weighted by molar-refractivity contribution is 6.12. The molecule has 2 aliphatic heterocycles. The minimum atomic E-state index is -0.302. The van der Waals surface area contributed by atoms with Gasteiger partial charge in [-0.1, -0.05) is 43.5 Å². The largest absolute Gasteiger partial charge is 0.454 e. The van der Waals surface area contributed by atoms with Crippen LogP contribution in [0.2, 0.25) is 0 Å². The fraction of sp³-hybridized carbons (Fsp3) is 0.344.